The largest absolute Gasteiger partial charge is 0.353 e. The highest BCUT2D eigenvalue weighted by atomic mass is 16.1. The number of hydrogen-bond donors (Lipinski definition) is 2. The molecule has 6 heteroatoms. The predicted octanol–water partition coefficient (Wildman–Crippen LogP) is -0.606. The highest BCUT2D eigenvalue weighted by Gasteiger charge is 2.20. The van der Waals surface area contributed by atoms with Crippen LogP contribution in [-0.2, 0) is 11.3 Å². The van der Waals surface area contributed by atoms with Crippen LogP contribution < -0.4 is 10.6 Å². The second kappa shape index (κ2) is 5.60. The Bertz CT molecular complexity index is 320. The van der Waals surface area contributed by atoms with Gasteiger partial charge in [0, 0.05) is 12.7 Å². The first kappa shape index (κ1) is 11.1. The lowest BCUT2D eigenvalue weighted by Crippen LogP contribution is -2.36. The number of amides is 1. The summed E-state index contributed by atoms with van der Waals surface area (Å²) in [5.74, 6) is 0.851. The van der Waals surface area contributed by atoms with E-state index < -0.39 is 0 Å². The van der Waals surface area contributed by atoms with Gasteiger partial charge in [0.15, 0.2) is 0 Å². The molecule has 1 fully saturated rings. The molecule has 1 amide bonds. The molecule has 6 nitrogen and oxygen atoms in total. The smallest absolute Gasteiger partial charge is 0.234 e. The standard InChI is InChI=1S/C10H17N5O/c16-10(8-11-7-9-1-2-9)12-3-5-15-6-4-13-14-15/h4,6,9,11H,1-3,5,7-8H2,(H,12,16). The lowest BCUT2D eigenvalue weighted by molar-refractivity contribution is -0.120. The molecule has 0 bridgehead atoms. The lowest BCUT2D eigenvalue weighted by atomic mass is 10.4. The van der Waals surface area contributed by atoms with Gasteiger partial charge in [0.2, 0.25) is 5.91 Å². The first-order chi connectivity index (χ1) is 7.84. The van der Waals surface area contributed by atoms with Crippen LogP contribution in [0.15, 0.2) is 12.4 Å². The number of nitrogens with zero attached hydrogens (tertiary/aromatic N) is 3. The molecule has 1 aliphatic rings. The molecule has 0 aliphatic heterocycles. The Labute approximate surface area is 94.4 Å². The summed E-state index contributed by atoms with van der Waals surface area (Å²) in [5, 5.41) is 13.5. The van der Waals surface area contributed by atoms with Crippen molar-refractivity contribution in [1.29, 1.82) is 0 Å². The van der Waals surface area contributed by atoms with Gasteiger partial charge in [-0.25, -0.2) is 0 Å². The van der Waals surface area contributed by atoms with E-state index in [2.05, 4.69) is 20.9 Å². The topological polar surface area (TPSA) is 71.8 Å². The van der Waals surface area contributed by atoms with Gasteiger partial charge >= 0.3 is 0 Å². The molecule has 1 saturated carbocycles. The minimum atomic E-state index is 0.0424. The van der Waals surface area contributed by atoms with Gasteiger partial charge in [0.05, 0.1) is 19.3 Å². The van der Waals surface area contributed by atoms with Crippen molar-refractivity contribution < 1.29 is 4.79 Å². The molecule has 0 spiro atoms. The number of carbonyl (C=O) groups excluding carboxylic acids is 1. The maximum absolute atomic E-state index is 11.4. The normalized spacial score (nSPS) is 15.0. The second-order valence-electron chi connectivity index (χ2n) is 4.09. The van der Waals surface area contributed by atoms with Gasteiger partial charge in [0.1, 0.15) is 0 Å². The van der Waals surface area contributed by atoms with Crippen LogP contribution in [0, 0.1) is 5.92 Å². The molecule has 88 valence electrons. The van der Waals surface area contributed by atoms with Crippen LogP contribution in [0.5, 0.6) is 0 Å². The first-order valence-electron chi connectivity index (χ1n) is 5.66. The Kier molecular flexibility index (Phi) is 3.87. The van der Waals surface area contributed by atoms with Crippen LogP contribution >= 0.6 is 0 Å². The molecule has 1 heterocycles. The molecular weight excluding hydrogens is 206 g/mol. The summed E-state index contributed by atoms with van der Waals surface area (Å²) in [6, 6.07) is 0. The Balaban J connectivity index is 1.49. The van der Waals surface area contributed by atoms with Crippen molar-refractivity contribution in [2.24, 2.45) is 5.92 Å². The third kappa shape index (κ3) is 3.98. The highest BCUT2D eigenvalue weighted by Crippen LogP contribution is 2.27. The van der Waals surface area contributed by atoms with Crippen LogP contribution in [0.1, 0.15) is 12.8 Å². The van der Waals surface area contributed by atoms with Crippen molar-refractivity contribution >= 4 is 5.91 Å². The summed E-state index contributed by atoms with van der Waals surface area (Å²) < 4.78 is 1.69. The molecule has 0 unspecified atom stereocenters. The van der Waals surface area contributed by atoms with Crippen LogP contribution in [0.25, 0.3) is 0 Å². The van der Waals surface area contributed by atoms with E-state index in [1.54, 1.807) is 17.1 Å². The molecule has 2 rings (SSSR count). The van der Waals surface area contributed by atoms with Crippen LogP contribution in [0.4, 0.5) is 0 Å². The van der Waals surface area contributed by atoms with E-state index in [1.165, 1.54) is 12.8 Å². The summed E-state index contributed by atoms with van der Waals surface area (Å²) in [6.45, 7) is 2.63. The monoisotopic (exact) mass is 223 g/mol. The van der Waals surface area contributed by atoms with Crippen molar-refractivity contribution in [2.45, 2.75) is 19.4 Å². The van der Waals surface area contributed by atoms with Gasteiger partial charge in [-0.3, -0.25) is 9.48 Å². The van der Waals surface area contributed by atoms with Crippen LogP contribution in [0.2, 0.25) is 0 Å². The van der Waals surface area contributed by atoms with Gasteiger partial charge in [-0.15, -0.1) is 5.10 Å². The fourth-order valence-corrected chi connectivity index (χ4v) is 1.44. The Morgan fingerprint density at radius 3 is 3.06 bits per heavy atom. The number of rotatable bonds is 7. The zero-order valence-electron chi connectivity index (χ0n) is 9.22. The molecule has 0 radical (unpaired) electrons. The molecule has 0 aromatic carbocycles. The molecule has 0 atom stereocenters. The fraction of sp³-hybridized carbons (Fsp3) is 0.700. The molecule has 1 aromatic rings. The molecule has 1 aromatic heterocycles. The van der Waals surface area contributed by atoms with Gasteiger partial charge in [-0.05, 0) is 25.3 Å². The average Bonchev–Trinajstić information content (AvgIpc) is 2.94. The average molecular weight is 223 g/mol. The Morgan fingerprint density at radius 1 is 1.50 bits per heavy atom. The quantitative estimate of drug-likeness (QED) is 0.647. The zero-order chi connectivity index (χ0) is 11.2. The minimum Gasteiger partial charge on any atom is -0.353 e. The third-order valence-corrected chi connectivity index (χ3v) is 2.55. The first-order valence-corrected chi connectivity index (χ1v) is 5.66. The maximum Gasteiger partial charge on any atom is 0.234 e. The van der Waals surface area contributed by atoms with Gasteiger partial charge in [0.25, 0.3) is 0 Å². The summed E-state index contributed by atoms with van der Waals surface area (Å²) >= 11 is 0. The molecule has 0 saturated heterocycles. The van der Waals surface area contributed by atoms with Gasteiger partial charge in [-0.1, -0.05) is 5.21 Å². The van der Waals surface area contributed by atoms with Crippen molar-refractivity contribution in [3.05, 3.63) is 12.4 Å². The summed E-state index contributed by atoms with van der Waals surface area (Å²) in [5.41, 5.74) is 0. The maximum atomic E-state index is 11.4. The van der Waals surface area contributed by atoms with Crippen molar-refractivity contribution in [1.82, 2.24) is 25.6 Å². The third-order valence-electron chi connectivity index (χ3n) is 2.55. The number of carbonyl (C=O) groups is 1. The van der Waals surface area contributed by atoms with Crippen molar-refractivity contribution in [3.63, 3.8) is 0 Å². The van der Waals surface area contributed by atoms with Crippen LogP contribution in [-0.4, -0.2) is 40.5 Å². The van der Waals surface area contributed by atoms with E-state index in [0.717, 1.165) is 12.5 Å². The molecule has 1 aliphatic carbocycles. The van der Waals surface area contributed by atoms with E-state index in [0.29, 0.717) is 19.6 Å². The van der Waals surface area contributed by atoms with Gasteiger partial charge < -0.3 is 10.6 Å². The van der Waals surface area contributed by atoms with Gasteiger partial charge in [-0.2, -0.15) is 0 Å². The zero-order valence-corrected chi connectivity index (χ0v) is 9.22. The Hall–Kier alpha value is -1.43. The van der Waals surface area contributed by atoms with E-state index in [1.807, 2.05) is 0 Å². The fourth-order valence-electron chi connectivity index (χ4n) is 1.44. The van der Waals surface area contributed by atoms with E-state index in [9.17, 15) is 4.79 Å². The minimum absolute atomic E-state index is 0.0424. The summed E-state index contributed by atoms with van der Waals surface area (Å²) in [4.78, 5) is 11.4. The van der Waals surface area contributed by atoms with E-state index in [4.69, 9.17) is 0 Å². The Morgan fingerprint density at radius 2 is 2.38 bits per heavy atom. The van der Waals surface area contributed by atoms with Crippen molar-refractivity contribution in [2.75, 3.05) is 19.6 Å². The molecule has 2 N–H and O–H groups in total. The predicted molar refractivity (Wildman–Crippen MR) is 58.6 cm³/mol. The summed E-state index contributed by atoms with van der Waals surface area (Å²) in [7, 11) is 0. The van der Waals surface area contributed by atoms with E-state index >= 15 is 0 Å². The molecule has 16 heavy (non-hydrogen) atoms. The molecular formula is C10H17N5O. The lowest BCUT2D eigenvalue weighted by Gasteiger charge is -2.05. The second-order valence-corrected chi connectivity index (χ2v) is 4.09. The SMILES string of the molecule is O=C(CNCC1CC1)NCCn1ccnn1. The van der Waals surface area contributed by atoms with E-state index in [-0.39, 0.29) is 5.91 Å². The number of hydrogen-bond acceptors (Lipinski definition) is 4. The number of aromatic nitrogens is 3. The summed E-state index contributed by atoms with van der Waals surface area (Å²) in [6.07, 6.45) is 6.01. The van der Waals surface area contributed by atoms with Crippen LogP contribution in [0.3, 0.4) is 0 Å². The van der Waals surface area contributed by atoms with Crippen molar-refractivity contribution in [3.8, 4) is 0 Å². The number of nitrogens with one attached hydrogen (secondary N) is 2. The highest BCUT2D eigenvalue weighted by molar-refractivity contribution is 5.77.